The first-order valence-corrected chi connectivity index (χ1v) is 7.19. The number of hydrogen-bond acceptors (Lipinski definition) is 4. The van der Waals surface area contributed by atoms with Crippen molar-refractivity contribution in [1.82, 2.24) is 0 Å². The number of para-hydroxylation sites is 1. The van der Waals surface area contributed by atoms with Crippen LogP contribution in [0.3, 0.4) is 0 Å². The molecule has 0 aromatic heterocycles. The number of nitrogens with one attached hydrogen (secondary N) is 1. The molecular weight excluding hydrogens is 311 g/mol. The van der Waals surface area contributed by atoms with Crippen LogP contribution < -0.4 is 5.32 Å². The molecule has 0 saturated carbocycles. The predicted molar refractivity (Wildman–Crippen MR) is 85.8 cm³/mol. The number of halogens is 1. The van der Waals surface area contributed by atoms with Crippen LogP contribution in [0.4, 0.5) is 10.1 Å². The van der Waals surface area contributed by atoms with Gasteiger partial charge in [0, 0.05) is 0 Å². The van der Waals surface area contributed by atoms with Crippen LogP contribution in [0.15, 0.2) is 42.5 Å². The van der Waals surface area contributed by atoms with Gasteiger partial charge in [-0.1, -0.05) is 18.2 Å². The minimum atomic E-state index is -1.10. The Labute approximate surface area is 138 Å². The lowest BCUT2D eigenvalue weighted by atomic mass is 10.1. The number of hydrogen-bond donors (Lipinski definition) is 1. The molecule has 2 rings (SSSR count). The molecule has 2 aromatic rings. The molecule has 6 heteroatoms. The number of anilines is 1. The van der Waals surface area contributed by atoms with Crippen molar-refractivity contribution < 1.29 is 18.7 Å². The fourth-order valence-corrected chi connectivity index (χ4v) is 1.93. The van der Waals surface area contributed by atoms with Gasteiger partial charge < -0.3 is 10.1 Å². The number of carbonyl (C=O) groups is 2. The van der Waals surface area contributed by atoms with Gasteiger partial charge >= 0.3 is 5.97 Å². The average Bonchev–Trinajstić information content (AvgIpc) is 2.57. The van der Waals surface area contributed by atoms with Gasteiger partial charge in [0.05, 0.1) is 16.8 Å². The highest BCUT2D eigenvalue weighted by Crippen LogP contribution is 2.15. The molecule has 0 radical (unpaired) electrons. The highest BCUT2D eigenvalue weighted by molar-refractivity contribution is 5.98. The second kappa shape index (κ2) is 7.38. The van der Waals surface area contributed by atoms with Crippen LogP contribution in [-0.4, -0.2) is 18.0 Å². The van der Waals surface area contributed by atoms with Crippen LogP contribution in [-0.2, 0) is 9.53 Å². The Kier molecular flexibility index (Phi) is 5.27. The van der Waals surface area contributed by atoms with Crippen LogP contribution in [0.5, 0.6) is 0 Å². The fraction of sp³-hybridized carbons (Fsp3) is 0.167. The Balaban J connectivity index is 2.04. The van der Waals surface area contributed by atoms with Gasteiger partial charge in [0.25, 0.3) is 5.91 Å². The van der Waals surface area contributed by atoms with Gasteiger partial charge in [0.15, 0.2) is 6.10 Å². The van der Waals surface area contributed by atoms with E-state index in [0.29, 0.717) is 16.8 Å². The van der Waals surface area contributed by atoms with E-state index < -0.39 is 23.8 Å². The number of nitrogens with zero attached hydrogens (tertiary/aromatic N) is 1. The summed E-state index contributed by atoms with van der Waals surface area (Å²) >= 11 is 0. The minimum Gasteiger partial charge on any atom is -0.449 e. The first kappa shape index (κ1) is 17.2. The average molecular weight is 326 g/mol. The molecular formula is C18H15FN2O3. The van der Waals surface area contributed by atoms with E-state index in [1.165, 1.54) is 19.1 Å². The van der Waals surface area contributed by atoms with Crippen molar-refractivity contribution in [2.24, 2.45) is 0 Å². The van der Waals surface area contributed by atoms with E-state index in [1.54, 1.807) is 31.2 Å². The number of benzene rings is 2. The Hall–Kier alpha value is -3.20. The van der Waals surface area contributed by atoms with Crippen molar-refractivity contribution in [3.05, 3.63) is 65.0 Å². The van der Waals surface area contributed by atoms with Crippen LogP contribution >= 0.6 is 0 Å². The van der Waals surface area contributed by atoms with E-state index in [2.05, 4.69) is 5.32 Å². The zero-order valence-electron chi connectivity index (χ0n) is 13.2. The van der Waals surface area contributed by atoms with Crippen LogP contribution in [0.1, 0.15) is 28.4 Å². The zero-order valence-corrected chi connectivity index (χ0v) is 13.2. The third kappa shape index (κ3) is 3.96. The Bertz CT molecular complexity index is 827. The van der Waals surface area contributed by atoms with E-state index in [0.717, 1.165) is 6.07 Å². The predicted octanol–water partition coefficient (Wildman–Crippen LogP) is 3.19. The van der Waals surface area contributed by atoms with Crippen molar-refractivity contribution in [2.45, 2.75) is 20.0 Å². The van der Waals surface area contributed by atoms with Gasteiger partial charge in [0.1, 0.15) is 11.9 Å². The molecule has 24 heavy (non-hydrogen) atoms. The molecule has 0 saturated heterocycles. The number of rotatable bonds is 4. The van der Waals surface area contributed by atoms with Crippen molar-refractivity contribution in [3.63, 3.8) is 0 Å². The van der Waals surface area contributed by atoms with Crippen LogP contribution in [0, 0.1) is 24.1 Å². The summed E-state index contributed by atoms with van der Waals surface area (Å²) in [6.07, 6.45) is -1.10. The number of esters is 1. The fourth-order valence-electron chi connectivity index (χ4n) is 1.93. The van der Waals surface area contributed by atoms with Gasteiger partial charge in [-0.05, 0) is 43.7 Å². The van der Waals surface area contributed by atoms with Gasteiger partial charge in [-0.25, -0.2) is 9.18 Å². The number of nitriles is 1. The standard InChI is InChI=1S/C18H15FN2O3/c1-11-7-8-13(9-15(11)19)18(23)24-12(2)17(22)21-16-6-4-3-5-14(16)10-20/h3-9,12H,1-2H3,(H,21,22)/t12-/m0/s1. The smallest absolute Gasteiger partial charge is 0.339 e. The Morgan fingerprint density at radius 3 is 2.62 bits per heavy atom. The summed E-state index contributed by atoms with van der Waals surface area (Å²) in [6.45, 7) is 2.97. The van der Waals surface area contributed by atoms with Crippen molar-refractivity contribution in [2.75, 3.05) is 5.32 Å². The van der Waals surface area contributed by atoms with Crippen LogP contribution in [0.25, 0.3) is 0 Å². The van der Waals surface area contributed by atoms with Gasteiger partial charge in [-0.3, -0.25) is 4.79 Å². The molecule has 0 aliphatic carbocycles. The van der Waals surface area contributed by atoms with Gasteiger partial charge in [-0.2, -0.15) is 5.26 Å². The molecule has 5 nitrogen and oxygen atoms in total. The lowest BCUT2D eigenvalue weighted by molar-refractivity contribution is -0.123. The molecule has 1 N–H and O–H groups in total. The summed E-state index contributed by atoms with van der Waals surface area (Å²) in [6, 6.07) is 12.4. The third-order valence-electron chi connectivity index (χ3n) is 3.37. The molecule has 0 bridgehead atoms. The number of aryl methyl sites for hydroxylation is 1. The monoisotopic (exact) mass is 326 g/mol. The molecule has 0 fully saturated rings. The quantitative estimate of drug-likeness (QED) is 0.875. The number of carbonyl (C=O) groups excluding carboxylic acids is 2. The van der Waals surface area contributed by atoms with E-state index >= 15 is 0 Å². The molecule has 0 aliphatic heterocycles. The van der Waals surface area contributed by atoms with Gasteiger partial charge in [-0.15, -0.1) is 0 Å². The topological polar surface area (TPSA) is 79.2 Å². The van der Waals surface area contributed by atoms with Crippen LogP contribution in [0.2, 0.25) is 0 Å². The van der Waals surface area contributed by atoms with Crippen molar-refractivity contribution in [3.8, 4) is 6.07 Å². The van der Waals surface area contributed by atoms with E-state index in [9.17, 15) is 14.0 Å². The maximum atomic E-state index is 13.5. The van der Waals surface area contributed by atoms with Crippen molar-refractivity contribution >= 4 is 17.6 Å². The number of amides is 1. The second-order valence-electron chi connectivity index (χ2n) is 5.16. The molecule has 2 aromatic carbocycles. The maximum absolute atomic E-state index is 13.5. The Morgan fingerprint density at radius 2 is 1.96 bits per heavy atom. The first-order valence-electron chi connectivity index (χ1n) is 7.19. The van der Waals surface area contributed by atoms with Crippen molar-refractivity contribution in [1.29, 1.82) is 5.26 Å². The molecule has 0 aliphatic rings. The summed E-state index contributed by atoms with van der Waals surface area (Å²) in [7, 11) is 0. The summed E-state index contributed by atoms with van der Waals surface area (Å²) in [5.41, 5.74) is 1.06. The highest BCUT2D eigenvalue weighted by atomic mass is 19.1. The third-order valence-corrected chi connectivity index (χ3v) is 3.37. The summed E-state index contributed by atoms with van der Waals surface area (Å²) in [5, 5.41) is 11.5. The molecule has 0 heterocycles. The summed E-state index contributed by atoms with van der Waals surface area (Å²) in [4.78, 5) is 24.1. The molecule has 1 amide bonds. The lowest BCUT2D eigenvalue weighted by Crippen LogP contribution is -2.30. The maximum Gasteiger partial charge on any atom is 0.339 e. The lowest BCUT2D eigenvalue weighted by Gasteiger charge is -2.14. The summed E-state index contributed by atoms with van der Waals surface area (Å²) < 4.78 is 18.5. The zero-order chi connectivity index (χ0) is 17.7. The molecule has 0 unspecified atom stereocenters. The van der Waals surface area contributed by atoms with E-state index in [1.807, 2.05) is 6.07 Å². The minimum absolute atomic E-state index is 0.0233. The second-order valence-corrected chi connectivity index (χ2v) is 5.16. The largest absolute Gasteiger partial charge is 0.449 e. The van der Waals surface area contributed by atoms with E-state index in [4.69, 9.17) is 10.00 Å². The SMILES string of the molecule is Cc1ccc(C(=O)O[C@@H](C)C(=O)Nc2ccccc2C#N)cc1F. The molecule has 0 spiro atoms. The molecule has 1 atom stereocenters. The Morgan fingerprint density at radius 1 is 1.25 bits per heavy atom. The number of ether oxygens (including phenoxy) is 1. The molecule has 122 valence electrons. The van der Waals surface area contributed by atoms with E-state index in [-0.39, 0.29) is 5.56 Å². The summed E-state index contributed by atoms with van der Waals surface area (Å²) in [5.74, 6) is -1.91. The highest BCUT2D eigenvalue weighted by Gasteiger charge is 2.20. The van der Waals surface area contributed by atoms with Gasteiger partial charge in [0.2, 0.25) is 0 Å². The first-order chi connectivity index (χ1) is 11.4. The normalized spacial score (nSPS) is 11.2.